The molecule has 1 N–H and O–H groups in total. The average Bonchev–Trinajstić information content (AvgIpc) is 2.47. The summed E-state index contributed by atoms with van der Waals surface area (Å²) in [7, 11) is 0. The van der Waals surface area contributed by atoms with Crippen LogP contribution in [0.2, 0.25) is 0 Å². The first-order chi connectivity index (χ1) is 8.72. The lowest BCUT2D eigenvalue weighted by atomic mass is 9.75. The van der Waals surface area contributed by atoms with Crippen LogP contribution in [0.1, 0.15) is 52.4 Å². The van der Waals surface area contributed by atoms with Crippen molar-refractivity contribution in [3.63, 3.8) is 0 Å². The third-order valence-corrected chi connectivity index (χ3v) is 5.07. The number of nitrogens with one attached hydrogen (secondary N) is 1. The number of hydrogen-bond donors (Lipinski definition) is 1. The van der Waals surface area contributed by atoms with Crippen LogP contribution in [0.25, 0.3) is 0 Å². The average molecular weight is 252 g/mol. The Morgan fingerprint density at radius 3 is 2.67 bits per heavy atom. The summed E-state index contributed by atoms with van der Waals surface area (Å²) < 4.78 is 0. The number of piperidine rings is 2. The second-order valence-electron chi connectivity index (χ2n) is 6.05. The van der Waals surface area contributed by atoms with Gasteiger partial charge in [-0.1, -0.05) is 20.3 Å². The van der Waals surface area contributed by atoms with Crippen LogP contribution >= 0.6 is 0 Å². The fraction of sp³-hybridized carbons (Fsp3) is 0.933. The molecular formula is C15H28N2O. The zero-order valence-electron chi connectivity index (χ0n) is 12.0. The van der Waals surface area contributed by atoms with Crippen molar-refractivity contribution in [2.75, 3.05) is 26.2 Å². The van der Waals surface area contributed by atoms with Gasteiger partial charge in [-0.2, -0.15) is 0 Å². The first kappa shape index (κ1) is 13.9. The number of nitrogens with zero attached hydrogens (tertiary/aromatic N) is 1. The number of carbonyl (C=O) groups excluding carboxylic acids is 1. The summed E-state index contributed by atoms with van der Waals surface area (Å²) in [5, 5.41) is 3.38. The Bertz CT molecular complexity index is 284. The molecule has 2 saturated heterocycles. The highest BCUT2D eigenvalue weighted by Crippen LogP contribution is 2.36. The van der Waals surface area contributed by atoms with Crippen LogP contribution in [-0.4, -0.2) is 37.0 Å². The summed E-state index contributed by atoms with van der Waals surface area (Å²) in [5.41, 5.74) is -0.0547. The van der Waals surface area contributed by atoms with E-state index in [9.17, 15) is 4.79 Å². The maximum absolute atomic E-state index is 12.9. The molecule has 0 saturated carbocycles. The van der Waals surface area contributed by atoms with Crippen molar-refractivity contribution >= 4 is 5.91 Å². The molecule has 1 unspecified atom stereocenters. The smallest absolute Gasteiger partial charge is 0.228 e. The van der Waals surface area contributed by atoms with Crippen molar-refractivity contribution in [1.82, 2.24) is 10.2 Å². The summed E-state index contributed by atoms with van der Waals surface area (Å²) in [5.74, 6) is 1.18. The van der Waals surface area contributed by atoms with Crippen molar-refractivity contribution in [3.05, 3.63) is 0 Å². The SMILES string of the molecule is CCC1CCCN(C(=O)C2(CC)CCNCC2)C1. The zero-order chi connectivity index (χ0) is 13.0. The quantitative estimate of drug-likeness (QED) is 0.836. The van der Waals surface area contributed by atoms with E-state index in [4.69, 9.17) is 0 Å². The molecule has 0 radical (unpaired) electrons. The Morgan fingerprint density at radius 2 is 2.06 bits per heavy atom. The van der Waals surface area contributed by atoms with Gasteiger partial charge in [-0.25, -0.2) is 0 Å². The molecule has 0 spiro atoms. The van der Waals surface area contributed by atoms with Gasteiger partial charge in [0, 0.05) is 13.1 Å². The molecule has 2 fully saturated rings. The summed E-state index contributed by atoms with van der Waals surface area (Å²) in [4.78, 5) is 15.0. The summed E-state index contributed by atoms with van der Waals surface area (Å²) in [6.45, 7) is 8.44. The molecule has 2 rings (SSSR count). The van der Waals surface area contributed by atoms with Gasteiger partial charge in [0.2, 0.25) is 5.91 Å². The molecule has 2 heterocycles. The number of rotatable bonds is 3. The third kappa shape index (κ3) is 2.71. The van der Waals surface area contributed by atoms with Gasteiger partial charge in [0.15, 0.2) is 0 Å². The summed E-state index contributed by atoms with van der Waals surface area (Å²) >= 11 is 0. The molecule has 3 heteroatoms. The Kier molecular flexibility index (Phi) is 4.66. The van der Waals surface area contributed by atoms with Crippen LogP contribution in [-0.2, 0) is 4.79 Å². The second-order valence-corrected chi connectivity index (χ2v) is 6.05. The van der Waals surface area contributed by atoms with Crippen LogP contribution in [0, 0.1) is 11.3 Å². The van der Waals surface area contributed by atoms with E-state index in [1.165, 1.54) is 19.3 Å². The Hall–Kier alpha value is -0.570. The van der Waals surface area contributed by atoms with Gasteiger partial charge in [0.25, 0.3) is 0 Å². The molecule has 0 aromatic heterocycles. The van der Waals surface area contributed by atoms with Crippen LogP contribution in [0.15, 0.2) is 0 Å². The lowest BCUT2D eigenvalue weighted by molar-refractivity contribution is -0.146. The van der Waals surface area contributed by atoms with Crippen molar-refractivity contribution in [2.24, 2.45) is 11.3 Å². The monoisotopic (exact) mass is 252 g/mol. The van der Waals surface area contributed by atoms with E-state index in [-0.39, 0.29) is 5.41 Å². The van der Waals surface area contributed by atoms with Crippen molar-refractivity contribution in [1.29, 1.82) is 0 Å². The maximum Gasteiger partial charge on any atom is 0.228 e. The fourth-order valence-corrected chi connectivity index (χ4v) is 3.54. The van der Waals surface area contributed by atoms with Gasteiger partial charge < -0.3 is 10.2 Å². The van der Waals surface area contributed by atoms with Crippen molar-refractivity contribution in [3.8, 4) is 0 Å². The highest BCUT2D eigenvalue weighted by atomic mass is 16.2. The first-order valence-corrected chi connectivity index (χ1v) is 7.72. The van der Waals surface area contributed by atoms with Gasteiger partial charge in [-0.3, -0.25) is 4.79 Å². The zero-order valence-corrected chi connectivity index (χ0v) is 12.0. The molecule has 0 bridgehead atoms. The van der Waals surface area contributed by atoms with E-state index in [0.717, 1.165) is 51.4 Å². The minimum absolute atomic E-state index is 0.0547. The van der Waals surface area contributed by atoms with Gasteiger partial charge in [0.1, 0.15) is 0 Å². The van der Waals surface area contributed by atoms with E-state index >= 15 is 0 Å². The molecule has 1 amide bonds. The normalized spacial score (nSPS) is 28.1. The van der Waals surface area contributed by atoms with Crippen molar-refractivity contribution in [2.45, 2.75) is 52.4 Å². The standard InChI is InChI=1S/C15H28N2O/c1-3-13-6-5-11-17(12-13)14(18)15(4-2)7-9-16-10-8-15/h13,16H,3-12H2,1-2H3. The predicted molar refractivity (Wildman–Crippen MR) is 74.4 cm³/mol. The molecule has 0 aromatic rings. The molecule has 2 aliphatic heterocycles. The molecule has 18 heavy (non-hydrogen) atoms. The molecule has 104 valence electrons. The lowest BCUT2D eigenvalue weighted by Crippen LogP contribution is -2.51. The van der Waals surface area contributed by atoms with Gasteiger partial charge in [-0.05, 0) is 51.1 Å². The molecule has 0 aromatic carbocycles. The van der Waals surface area contributed by atoms with Gasteiger partial charge in [0.05, 0.1) is 5.41 Å². The van der Waals surface area contributed by atoms with E-state index in [1.807, 2.05) is 0 Å². The molecule has 2 aliphatic rings. The van der Waals surface area contributed by atoms with E-state index < -0.39 is 0 Å². The van der Waals surface area contributed by atoms with E-state index in [1.54, 1.807) is 0 Å². The number of carbonyl (C=O) groups is 1. The summed E-state index contributed by atoms with van der Waals surface area (Å²) in [6, 6.07) is 0. The lowest BCUT2D eigenvalue weighted by Gasteiger charge is -2.42. The highest BCUT2D eigenvalue weighted by molar-refractivity contribution is 5.83. The van der Waals surface area contributed by atoms with Gasteiger partial charge in [-0.15, -0.1) is 0 Å². The minimum Gasteiger partial charge on any atom is -0.342 e. The van der Waals surface area contributed by atoms with Crippen LogP contribution in [0.3, 0.4) is 0 Å². The van der Waals surface area contributed by atoms with E-state index in [0.29, 0.717) is 5.91 Å². The summed E-state index contributed by atoms with van der Waals surface area (Å²) in [6.07, 6.45) is 6.76. The molecule has 0 aliphatic carbocycles. The Morgan fingerprint density at radius 1 is 1.33 bits per heavy atom. The number of amides is 1. The second kappa shape index (κ2) is 6.05. The Balaban J connectivity index is 2.04. The fourth-order valence-electron chi connectivity index (χ4n) is 3.54. The van der Waals surface area contributed by atoms with Crippen molar-refractivity contribution < 1.29 is 4.79 Å². The highest BCUT2D eigenvalue weighted by Gasteiger charge is 2.41. The maximum atomic E-state index is 12.9. The predicted octanol–water partition coefficient (Wildman–Crippen LogP) is 2.41. The molecule has 3 nitrogen and oxygen atoms in total. The van der Waals surface area contributed by atoms with Crippen LogP contribution in [0.4, 0.5) is 0 Å². The van der Waals surface area contributed by atoms with Crippen LogP contribution in [0.5, 0.6) is 0 Å². The number of likely N-dealkylation sites (tertiary alicyclic amines) is 1. The number of hydrogen-bond acceptors (Lipinski definition) is 2. The molecule has 1 atom stereocenters. The first-order valence-electron chi connectivity index (χ1n) is 7.72. The van der Waals surface area contributed by atoms with E-state index in [2.05, 4.69) is 24.1 Å². The topological polar surface area (TPSA) is 32.3 Å². The Labute approximate surface area is 111 Å². The largest absolute Gasteiger partial charge is 0.342 e. The minimum atomic E-state index is -0.0547. The molecular weight excluding hydrogens is 224 g/mol. The van der Waals surface area contributed by atoms with Crippen LogP contribution < -0.4 is 5.32 Å². The third-order valence-electron chi connectivity index (χ3n) is 5.07. The van der Waals surface area contributed by atoms with Gasteiger partial charge >= 0.3 is 0 Å².